The molecule has 2 rings (SSSR count). The van der Waals surface area contributed by atoms with Crippen LogP contribution in [0.1, 0.15) is 32.3 Å². The molecule has 0 aromatic heterocycles. The van der Waals surface area contributed by atoms with E-state index < -0.39 is 5.97 Å². The minimum Gasteiger partial charge on any atom is -0.480 e. The van der Waals surface area contributed by atoms with E-state index in [-0.39, 0.29) is 12.7 Å². The third-order valence-electron chi connectivity index (χ3n) is 2.84. The van der Waals surface area contributed by atoms with Crippen LogP contribution in [0.15, 0.2) is 18.2 Å². The lowest BCUT2D eigenvalue weighted by Gasteiger charge is -2.10. The number of hydrogen-bond donors (Lipinski definition) is 1. The largest absolute Gasteiger partial charge is 0.480 e. The van der Waals surface area contributed by atoms with Crippen molar-refractivity contribution in [3.8, 4) is 0 Å². The molecule has 0 spiro atoms. The van der Waals surface area contributed by atoms with Crippen molar-refractivity contribution in [3.05, 3.63) is 34.2 Å². The third kappa shape index (κ3) is 4.87. The average Bonchev–Trinajstić information content (AvgIpc) is 2.60. The van der Waals surface area contributed by atoms with Gasteiger partial charge in [0.2, 0.25) is 0 Å². The Hall–Kier alpha value is -1.61. The SMILES string of the molecule is CC.Cc1ccc2c(c1)=CCCC(OCC(=O)O)C=2. The molecule has 19 heavy (non-hydrogen) atoms. The highest BCUT2D eigenvalue weighted by molar-refractivity contribution is 5.68. The first-order valence-electron chi connectivity index (χ1n) is 6.77. The first-order chi connectivity index (χ1) is 9.15. The van der Waals surface area contributed by atoms with Crippen molar-refractivity contribution in [1.29, 1.82) is 0 Å². The Morgan fingerprint density at radius 2 is 2.11 bits per heavy atom. The van der Waals surface area contributed by atoms with Crippen molar-refractivity contribution in [2.45, 2.75) is 39.7 Å². The molecule has 1 atom stereocenters. The number of carboxylic acids is 1. The normalized spacial score (nSPS) is 16.9. The molecule has 0 saturated carbocycles. The molecule has 0 bridgehead atoms. The second-order valence-electron chi connectivity index (χ2n) is 4.32. The van der Waals surface area contributed by atoms with Crippen LogP contribution in [0.5, 0.6) is 0 Å². The maximum atomic E-state index is 10.5. The Labute approximate surface area is 114 Å². The summed E-state index contributed by atoms with van der Waals surface area (Å²) >= 11 is 0. The summed E-state index contributed by atoms with van der Waals surface area (Å²) in [6.07, 6.45) is 5.84. The molecule has 0 fully saturated rings. The van der Waals surface area contributed by atoms with Gasteiger partial charge in [-0.1, -0.05) is 43.7 Å². The summed E-state index contributed by atoms with van der Waals surface area (Å²) in [4.78, 5) is 10.5. The van der Waals surface area contributed by atoms with E-state index in [1.807, 2.05) is 19.9 Å². The molecule has 3 heteroatoms. The van der Waals surface area contributed by atoms with E-state index in [0.717, 1.165) is 18.1 Å². The molecule has 0 amide bonds. The number of rotatable bonds is 3. The van der Waals surface area contributed by atoms with Gasteiger partial charge in [0.05, 0.1) is 6.10 Å². The van der Waals surface area contributed by atoms with Gasteiger partial charge in [-0.25, -0.2) is 4.79 Å². The highest BCUT2D eigenvalue weighted by atomic mass is 16.5. The summed E-state index contributed by atoms with van der Waals surface area (Å²) in [5.74, 6) is -0.921. The molecule has 0 radical (unpaired) electrons. The average molecular weight is 262 g/mol. The molecule has 104 valence electrons. The van der Waals surface area contributed by atoms with Gasteiger partial charge >= 0.3 is 5.97 Å². The molecule has 0 aliphatic heterocycles. The van der Waals surface area contributed by atoms with E-state index in [1.165, 1.54) is 10.8 Å². The maximum Gasteiger partial charge on any atom is 0.329 e. The van der Waals surface area contributed by atoms with Gasteiger partial charge in [-0.05, 0) is 36.3 Å². The summed E-state index contributed by atoms with van der Waals surface area (Å²) in [5, 5.41) is 10.9. The van der Waals surface area contributed by atoms with Crippen molar-refractivity contribution >= 4 is 18.1 Å². The third-order valence-corrected chi connectivity index (χ3v) is 2.84. The fourth-order valence-electron chi connectivity index (χ4n) is 2.02. The molecular weight excluding hydrogens is 240 g/mol. The van der Waals surface area contributed by atoms with E-state index in [1.54, 1.807) is 0 Å². The molecule has 1 aliphatic rings. The number of ether oxygens (including phenoxy) is 1. The van der Waals surface area contributed by atoms with E-state index in [4.69, 9.17) is 9.84 Å². The molecule has 3 nitrogen and oxygen atoms in total. The molecular formula is C16H22O3. The van der Waals surface area contributed by atoms with Gasteiger partial charge < -0.3 is 9.84 Å². The second-order valence-corrected chi connectivity index (χ2v) is 4.32. The van der Waals surface area contributed by atoms with Gasteiger partial charge in [0.1, 0.15) is 6.61 Å². The number of aryl methyl sites for hydroxylation is 1. The molecule has 0 saturated heterocycles. The lowest BCUT2D eigenvalue weighted by molar-refractivity contribution is -0.143. The Balaban J connectivity index is 0.000000861. The highest BCUT2D eigenvalue weighted by Gasteiger charge is 2.09. The zero-order valence-electron chi connectivity index (χ0n) is 11.8. The van der Waals surface area contributed by atoms with Crippen LogP contribution in [-0.2, 0) is 9.53 Å². The molecule has 1 aromatic rings. The Kier molecular flexibility index (Phi) is 6.30. The highest BCUT2D eigenvalue weighted by Crippen LogP contribution is 2.06. The fraction of sp³-hybridized carbons (Fsp3) is 0.438. The van der Waals surface area contributed by atoms with Crippen molar-refractivity contribution in [1.82, 2.24) is 0 Å². The van der Waals surface area contributed by atoms with Crippen molar-refractivity contribution < 1.29 is 14.6 Å². The summed E-state index contributed by atoms with van der Waals surface area (Å²) in [6.45, 7) is 5.83. The molecule has 1 aliphatic carbocycles. The van der Waals surface area contributed by atoms with Crippen molar-refractivity contribution in [2.24, 2.45) is 0 Å². The fourth-order valence-corrected chi connectivity index (χ4v) is 2.02. The minimum absolute atomic E-state index is 0.105. The second kappa shape index (κ2) is 7.74. The minimum atomic E-state index is -0.921. The quantitative estimate of drug-likeness (QED) is 0.904. The smallest absolute Gasteiger partial charge is 0.329 e. The Bertz CT molecular complexity index is 531. The molecule has 0 heterocycles. The molecule has 1 N–H and O–H groups in total. The zero-order chi connectivity index (χ0) is 14.3. The van der Waals surface area contributed by atoms with Crippen LogP contribution < -0.4 is 10.4 Å². The predicted molar refractivity (Wildman–Crippen MR) is 77.3 cm³/mol. The molecule has 1 aromatic carbocycles. The Morgan fingerprint density at radius 1 is 1.37 bits per heavy atom. The summed E-state index contributed by atoms with van der Waals surface area (Å²) in [7, 11) is 0. The lowest BCUT2D eigenvalue weighted by Crippen LogP contribution is -2.26. The Morgan fingerprint density at radius 3 is 2.79 bits per heavy atom. The molecule has 1 unspecified atom stereocenters. The van der Waals surface area contributed by atoms with Gasteiger partial charge in [-0.2, -0.15) is 0 Å². The van der Waals surface area contributed by atoms with Gasteiger partial charge in [-0.3, -0.25) is 0 Å². The van der Waals surface area contributed by atoms with E-state index in [0.29, 0.717) is 0 Å². The van der Waals surface area contributed by atoms with Gasteiger partial charge in [0.25, 0.3) is 0 Å². The summed E-state index contributed by atoms with van der Waals surface area (Å²) in [6, 6.07) is 6.26. The van der Waals surface area contributed by atoms with Crippen LogP contribution in [0.2, 0.25) is 0 Å². The number of aliphatic carboxylic acids is 1. The van der Waals surface area contributed by atoms with Crippen molar-refractivity contribution in [3.63, 3.8) is 0 Å². The van der Waals surface area contributed by atoms with Crippen LogP contribution in [0.3, 0.4) is 0 Å². The summed E-state index contributed by atoms with van der Waals surface area (Å²) < 4.78 is 5.34. The standard InChI is InChI=1S/C14H16O3.C2H6/c1-10-5-6-12-8-13(17-9-14(15)16)4-2-3-11(12)7-10;1-2/h3,5-8,13H,2,4,9H2,1H3,(H,15,16);1-2H3. The van der Waals surface area contributed by atoms with E-state index >= 15 is 0 Å². The maximum absolute atomic E-state index is 10.5. The number of benzene rings is 1. The van der Waals surface area contributed by atoms with Crippen LogP contribution in [0.4, 0.5) is 0 Å². The first kappa shape index (κ1) is 15.4. The summed E-state index contributed by atoms with van der Waals surface area (Å²) in [5.41, 5.74) is 1.23. The number of carboxylic acid groups (broad SMARTS) is 1. The zero-order valence-corrected chi connectivity index (χ0v) is 11.8. The van der Waals surface area contributed by atoms with Gasteiger partial charge in [-0.15, -0.1) is 0 Å². The number of hydrogen-bond acceptors (Lipinski definition) is 2. The number of carbonyl (C=O) groups is 1. The monoisotopic (exact) mass is 262 g/mol. The topological polar surface area (TPSA) is 46.5 Å². The van der Waals surface area contributed by atoms with E-state index in [9.17, 15) is 4.79 Å². The van der Waals surface area contributed by atoms with E-state index in [2.05, 4.69) is 31.2 Å². The lowest BCUT2D eigenvalue weighted by atomic mass is 10.1. The predicted octanol–water partition coefficient (Wildman–Crippen LogP) is 1.85. The van der Waals surface area contributed by atoms with Gasteiger partial charge in [0.15, 0.2) is 0 Å². The van der Waals surface area contributed by atoms with Crippen LogP contribution in [0.25, 0.3) is 12.2 Å². The van der Waals surface area contributed by atoms with Crippen LogP contribution in [0, 0.1) is 6.92 Å². The van der Waals surface area contributed by atoms with Crippen LogP contribution >= 0.6 is 0 Å². The van der Waals surface area contributed by atoms with Crippen LogP contribution in [-0.4, -0.2) is 23.8 Å². The van der Waals surface area contributed by atoms with Crippen molar-refractivity contribution in [2.75, 3.05) is 6.61 Å². The first-order valence-corrected chi connectivity index (χ1v) is 6.77. The van der Waals surface area contributed by atoms with Gasteiger partial charge in [0, 0.05) is 0 Å². The number of fused-ring (bicyclic) bond motifs is 1.